The molecule has 2 atom stereocenters. The number of methoxy groups -OCH3 is 1. The minimum atomic E-state index is 0.0164. The lowest BCUT2D eigenvalue weighted by Crippen LogP contribution is -2.28. The van der Waals surface area contributed by atoms with E-state index in [4.69, 9.17) is 4.74 Å². The Labute approximate surface area is 101 Å². The zero-order valence-corrected chi connectivity index (χ0v) is 11.8. The van der Waals surface area contributed by atoms with Crippen LogP contribution in [0.5, 0.6) is 0 Å². The molecule has 0 spiro atoms. The number of rotatable bonds is 9. The molecule has 0 amide bonds. The lowest BCUT2D eigenvalue weighted by molar-refractivity contribution is -0.00988. The van der Waals surface area contributed by atoms with Gasteiger partial charge in [-0.1, -0.05) is 27.2 Å². The summed E-state index contributed by atoms with van der Waals surface area (Å²) in [4.78, 5) is 0. The molecule has 0 saturated heterocycles. The van der Waals surface area contributed by atoms with Crippen LogP contribution in [-0.2, 0) is 4.74 Å². The van der Waals surface area contributed by atoms with E-state index >= 15 is 0 Å². The van der Waals surface area contributed by atoms with Crippen LogP contribution in [0.3, 0.4) is 0 Å². The van der Waals surface area contributed by atoms with Gasteiger partial charge < -0.3 is 9.84 Å². The van der Waals surface area contributed by atoms with Crippen molar-refractivity contribution in [3.8, 4) is 0 Å². The minimum absolute atomic E-state index is 0.0164. The fourth-order valence-electron chi connectivity index (χ4n) is 2.20. The van der Waals surface area contributed by atoms with Crippen LogP contribution >= 0.6 is 0 Å². The van der Waals surface area contributed by atoms with Crippen molar-refractivity contribution < 1.29 is 9.84 Å². The molecule has 0 aliphatic rings. The minimum Gasteiger partial charge on any atom is -0.396 e. The summed E-state index contributed by atoms with van der Waals surface area (Å²) in [5.41, 5.74) is 0.125. The van der Waals surface area contributed by atoms with Crippen molar-refractivity contribution in [3.05, 3.63) is 0 Å². The molecule has 0 heterocycles. The van der Waals surface area contributed by atoms with Crippen molar-refractivity contribution in [3.63, 3.8) is 0 Å². The topological polar surface area (TPSA) is 29.5 Å². The summed E-state index contributed by atoms with van der Waals surface area (Å²) < 4.78 is 5.53. The number of aliphatic hydroxyl groups excluding tert-OH is 1. The monoisotopic (exact) mass is 230 g/mol. The molecule has 0 saturated carbocycles. The predicted octanol–water partition coefficient (Wildman–Crippen LogP) is 3.77. The molecular weight excluding hydrogens is 200 g/mol. The van der Waals surface area contributed by atoms with E-state index < -0.39 is 0 Å². The first-order chi connectivity index (χ1) is 7.45. The van der Waals surface area contributed by atoms with Crippen LogP contribution in [0, 0.1) is 5.41 Å². The summed E-state index contributed by atoms with van der Waals surface area (Å²) in [6.45, 7) is 9.01. The standard InChI is InChI=1S/C14H30O2/c1-6-9-13(3,12-15)10-8-11-14(4,7-2)16-5/h15H,6-12H2,1-5H3. The van der Waals surface area contributed by atoms with Gasteiger partial charge in [-0.15, -0.1) is 0 Å². The summed E-state index contributed by atoms with van der Waals surface area (Å²) >= 11 is 0. The van der Waals surface area contributed by atoms with Crippen LogP contribution < -0.4 is 0 Å². The molecule has 0 aromatic carbocycles. The average Bonchev–Trinajstić information content (AvgIpc) is 2.29. The molecule has 98 valence electrons. The molecule has 2 unspecified atom stereocenters. The fourth-order valence-corrected chi connectivity index (χ4v) is 2.20. The number of hydrogen-bond acceptors (Lipinski definition) is 2. The highest BCUT2D eigenvalue weighted by Crippen LogP contribution is 2.31. The first kappa shape index (κ1) is 15.9. The molecule has 2 heteroatoms. The number of aliphatic hydroxyl groups is 1. The molecule has 1 N–H and O–H groups in total. The Morgan fingerprint density at radius 1 is 1.06 bits per heavy atom. The summed E-state index contributed by atoms with van der Waals surface area (Å²) in [6.07, 6.45) is 6.61. The normalized spacial score (nSPS) is 19.1. The second kappa shape index (κ2) is 7.29. The van der Waals surface area contributed by atoms with E-state index in [2.05, 4.69) is 27.7 Å². The van der Waals surface area contributed by atoms with Gasteiger partial charge in [0.1, 0.15) is 0 Å². The van der Waals surface area contributed by atoms with E-state index in [9.17, 15) is 5.11 Å². The molecule has 0 aromatic heterocycles. The molecule has 0 bridgehead atoms. The van der Waals surface area contributed by atoms with Crippen LogP contribution in [0.1, 0.15) is 66.2 Å². The van der Waals surface area contributed by atoms with E-state index in [1.807, 2.05) is 0 Å². The molecule has 2 nitrogen and oxygen atoms in total. The first-order valence-corrected chi connectivity index (χ1v) is 6.61. The first-order valence-electron chi connectivity index (χ1n) is 6.61. The van der Waals surface area contributed by atoms with Crippen molar-refractivity contribution in [1.82, 2.24) is 0 Å². The number of ether oxygens (including phenoxy) is 1. The Kier molecular flexibility index (Phi) is 7.25. The lowest BCUT2D eigenvalue weighted by Gasteiger charge is -2.31. The van der Waals surface area contributed by atoms with Crippen LogP contribution in [-0.4, -0.2) is 24.4 Å². The summed E-state index contributed by atoms with van der Waals surface area (Å²) in [7, 11) is 1.79. The summed E-state index contributed by atoms with van der Waals surface area (Å²) in [5.74, 6) is 0. The van der Waals surface area contributed by atoms with Crippen molar-refractivity contribution in [2.45, 2.75) is 71.8 Å². The van der Waals surface area contributed by atoms with E-state index in [-0.39, 0.29) is 11.0 Å². The molecule has 0 rings (SSSR count). The van der Waals surface area contributed by atoms with Gasteiger partial charge in [-0.2, -0.15) is 0 Å². The highest BCUT2D eigenvalue weighted by Gasteiger charge is 2.25. The smallest absolute Gasteiger partial charge is 0.0648 e. The Bertz CT molecular complexity index is 176. The average molecular weight is 230 g/mol. The summed E-state index contributed by atoms with van der Waals surface area (Å²) in [6, 6.07) is 0. The van der Waals surface area contributed by atoms with Gasteiger partial charge >= 0.3 is 0 Å². The summed E-state index contributed by atoms with van der Waals surface area (Å²) in [5, 5.41) is 9.43. The van der Waals surface area contributed by atoms with E-state index in [0.717, 1.165) is 38.5 Å². The Morgan fingerprint density at radius 3 is 2.06 bits per heavy atom. The van der Waals surface area contributed by atoms with Gasteiger partial charge in [0.05, 0.1) is 5.60 Å². The SMILES string of the molecule is CCCC(C)(CO)CCCC(C)(CC)OC. The van der Waals surface area contributed by atoms with Gasteiger partial charge in [-0.25, -0.2) is 0 Å². The van der Waals surface area contributed by atoms with Crippen molar-refractivity contribution in [1.29, 1.82) is 0 Å². The predicted molar refractivity (Wildman–Crippen MR) is 69.7 cm³/mol. The van der Waals surface area contributed by atoms with Gasteiger partial charge in [0.25, 0.3) is 0 Å². The molecule has 0 fully saturated rings. The van der Waals surface area contributed by atoms with E-state index in [0.29, 0.717) is 6.61 Å². The third-order valence-corrected chi connectivity index (χ3v) is 3.96. The second-order valence-electron chi connectivity index (χ2n) is 5.58. The van der Waals surface area contributed by atoms with Crippen molar-refractivity contribution >= 4 is 0 Å². The maximum absolute atomic E-state index is 9.43. The van der Waals surface area contributed by atoms with Gasteiger partial charge in [-0.05, 0) is 44.4 Å². The largest absolute Gasteiger partial charge is 0.396 e. The Balaban J connectivity index is 4.03. The van der Waals surface area contributed by atoms with Gasteiger partial charge in [-0.3, -0.25) is 0 Å². The van der Waals surface area contributed by atoms with Crippen LogP contribution in [0.15, 0.2) is 0 Å². The van der Waals surface area contributed by atoms with E-state index in [1.165, 1.54) is 0 Å². The maximum atomic E-state index is 9.43. The molecule has 0 aliphatic heterocycles. The van der Waals surface area contributed by atoms with Crippen LogP contribution in [0.4, 0.5) is 0 Å². The van der Waals surface area contributed by atoms with Crippen molar-refractivity contribution in [2.75, 3.05) is 13.7 Å². The van der Waals surface area contributed by atoms with E-state index in [1.54, 1.807) is 7.11 Å². The lowest BCUT2D eigenvalue weighted by atomic mass is 9.80. The zero-order valence-electron chi connectivity index (χ0n) is 11.8. The van der Waals surface area contributed by atoms with Gasteiger partial charge in [0.2, 0.25) is 0 Å². The fraction of sp³-hybridized carbons (Fsp3) is 1.00. The van der Waals surface area contributed by atoms with Crippen molar-refractivity contribution in [2.24, 2.45) is 5.41 Å². The molecular formula is C14H30O2. The third-order valence-electron chi connectivity index (χ3n) is 3.96. The highest BCUT2D eigenvalue weighted by atomic mass is 16.5. The van der Waals surface area contributed by atoms with Crippen LogP contribution in [0.2, 0.25) is 0 Å². The van der Waals surface area contributed by atoms with Gasteiger partial charge in [0.15, 0.2) is 0 Å². The Morgan fingerprint density at radius 2 is 1.69 bits per heavy atom. The quantitative estimate of drug-likeness (QED) is 0.653. The molecule has 0 aliphatic carbocycles. The molecule has 16 heavy (non-hydrogen) atoms. The maximum Gasteiger partial charge on any atom is 0.0648 e. The third kappa shape index (κ3) is 5.31. The Hall–Kier alpha value is -0.0800. The van der Waals surface area contributed by atoms with Gasteiger partial charge in [0, 0.05) is 13.7 Å². The second-order valence-corrected chi connectivity index (χ2v) is 5.58. The molecule has 0 aromatic rings. The van der Waals surface area contributed by atoms with Crippen LogP contribution in [0.25, 0.3) is 0 Å². The number of hydrogen-bond donors (Lipinski definition) is 1. The highest BCUT2D eigenvalue weighted by molar-refractivity contribution is 4.77. The molecule has 0 radical (unpaired) electrons. The zero-order chi connectivity index (χ0) is 12.7.